The number of nitriles is 1. The average Bonchev–Trinajstić information content (AvgIpc) is 3.44. The Morgan fingerprint density at radius 1 is 1.09 bits per heavy atom. The van der Waals surface area contributed by atoms with Crippen LogP contribution in [0, 0.1) is 11.3 Å². The van der Waals surface area contributed by atoms with Crippen LogP contribution in [0.5, 0.6) is 17.2 Å². The molecule has 1 aliphatic heterocycles. The lowest BCUT2D eigenvalue weighted by atomic mass is 10.0. The molecule has 1 saturated heterocycles. The van der Waals surface area contributed by atoms with Crippen molar-refractivity contribution in [3.05, 3.63) is 53.6 Å². The first-order chi connectivity index (χ1) is 17.0. The number of carbonyl (C=O) groups is 2. The van der Waals surface area contributed by atoms with E-state index in [2.05, 4.69) is 11.4 Å². The molecule has 1 aliphatic rings. The van der Waals surface area contributed by atoms with Gasteiger partial charge in [0.25, 0.3) is 5.91 Å². The number of carbonyl (C=O) groups excluding carboxylic acids is 2. The third-order valence-corrected chi connectivity index (χ3v) is 5.95. The van der Waals surface area contributed by atoms with E-state index in [4.69, 9.17) is 19.5 Å². The van der Waals surface area contributed by atoms with Gasteiger partial charge in [-0.1, -0.05) is 25.1 Å². The molecule has 1 unspecified atom stereocenters. The molecular formula is C27H33N3O5. The summed E-state index contributed by atoms with van der Waals surface area (Å²) in [5.74, 6) is 1.54. The van der Waals surface area contributed by atoms with E-state index in [1.54, 1.807) is 18.2 Å². The maximum atomic E-state index is 12.6. The number of amides is 2. The van der Waals surface area contributed by atoms with Gasteiger partial charge in [-0.25, -0.2) is 0 Å². The number of para-hydroxylation sites is 1. The van der Waals surface area contributed by atoms with Gasteiger partial charge in [0, 0.05) is 31.1 Å². The number of nitrogens with zero attached hydrogens (tertiary/aromatic N) is 2. The molecule has 0 bridgehead atoms. The molecule has 1 heterocycles. The summed E-state index contributed by atoms with van der Waals surface area (Å²) in [4.78, 5) is 26.8. The smallest absolute Gasteiger partial charge is 0.260 e. The van der Waals surface area contributed by atoms with Crippen molar-refractivity contribution in [1.82, 2.24) is 10.2 Å². The van der Waals surface area contributed by atoms with Gasteiger partial charge < -0.3 is 24.4 Å². The molecular weight excluding hydrogens is 446 g/mol. The number of ether oxygens (including phenoxy) is 3. The minimum Gasteiger partial charge on any atom is -0.493 e. The second-order valence-corrected chi connectivity index (χ2v) is 8.37. The Morgan fingerprint density at radius 2 is 1.86 bits per heavy atom. The average molecular weight is 480 g/mol. The molecule has 3 rings (SSSR count). The minimum atomic E-state index is -0.222. The Balaban J connectivity index is 1.49. The highest BCUT2D eigenvalue weighted by atomic mass is 16.5. The van der Waals surface area contributed by atoms with Gasteiger partial charge in [0.2, 0.25) is 5.91 Å². The third-order valence-electron chi connectivity index (χ3n) is 5.95. The first-order valence-corrected chi connectivity index (χ1v) is 12.1. The van der Waals surface area contributed by atoms with E-state index in [1.807, 2.05) is 36.1 Å². The van der Waals surface area contributed by atoms with Crippen LogP contribution in [0.1, 0.15) is 56.2 Å². The molecule has 2 amide bonds. The van der Waals surface area contributed by atoms with Crippen LogP contribution in [0.2, 0.25) is 0 Å². The van der Waals surface area contributed by atoms with Gasteiger partial charge in [-0.3, -0.25) is 9.59 Å². The van der Waals surface area contributed by atoms with E-state index in [0.29, 0.717) is 48.7 Å². The van der Waals surface area contributed by atoms with Crippen LogP contribution in [0.4, 0.5) is 0 Å². The lowest BCUT2D eigenvalue weighted by molar-refractivity contribution is -0.132. The number of nitrogens with one attached hydrogen (secondary N) is 1. The summed E-state index contributed by atoms with van der Waals surface area (Å²) < 4.78 is 16.9. The fraction of sp³-hybridized carbons (Fsp3) is 0.444. The highest BCUT2D eigenvalue weighted by molar-refractivity contribution is 5.78. The molecule has 8 heteroatoms. The van der Waals surface area contributed by atoms with E-state index >= 15 is 0 Å². The number of benzene rings is 2. The summed E-state index contributed by atoms with van der Waals surface area (Å²) >= 11 is 0. The molecule has 2 aromatic carbocycles. The monoisotopic (exact) mass is 479 g/mol. The normalized spacial score (nSPS) is 13.6. The second kappa shape index (κ2) is 13.2. The van der Waals surface area contributed by atoms with E-state index < -0.39 is 0 Å². The highest BCUT2D eigenvalue weighted by Crippen LogP contribution is 2.29. The van der Waals surface area contributed by atoms with Gasteiger partial charge in [-0.05, 0) is 43.9 Å². The Kier molecular flexibility index (Phi) is 9.79. The minimum absolute atomic E-state index is 0.00244. The zero-order chi connectivity index (χ0) is 25.0. The number of rotatable bonds is 12. The predicted octanol–water partition coefficient (Wildman–Crippen LogP) is 3.99. The zero-order valence-corrected chi connectivity index (χ0v) is 20.4. The van der Waals surface area contributed by atoms with Crippen LogP contribution in [0.15, 0.2) is 42.5 Å². The van der Waals surface area contributed by atoms with Gasteiger partial charge in [-0.15, -0.1) is 0 Å². The van der Waals surface area contributed by atoms with Crippen LogP contribution >= 0.6 is 0 Å². The molecule has 1 atom stereocenters. The Morgan fingerprint density at radius 3 is 2.57 bits per heavy atom. The maximum Gasteiger partial charge on any atom is 0.260 e. The first-order valence-electron chi connectivity index (χ1n) is 12.1. The van der Waals surface area contributed by atoms with Crippen molar-refractivity contribution in [2.24, 2.45) is 0 Å². The van der Waals surface area contributed by atoms with E-state index in [-0.39, 0.29) is 24.5 Å². The SMILES string of the molecule is CCC(NC(=O)CCCOc1ccc(C#N)cc1OC)c1ccccc1OCC(=O)N1CCCC1. The van der Waals surface area contributed by atoms with E-state index in [9.17, 15) is 9.59 Å². The summed E-state index contributed by atoms with van der Waals surface area (Å²) in [7, 11) is 1.52. The fourth-order valence-corrected chi connectivity index (χ4v) is 4.03. The van der Waals surface area contributed by atoms with Crippen molar-refractivity contribution >= 4 is 11.8 Å². The van der Waals surface area contributed by atoms with Gasteiger partial charge in [0.15, 0.2) is 18.1 Å². The number of hydrogen-bond donors (Lipinski definition) is 1. The quantitative estimate of drug-likeness (QED) is 0.462. The molecule has 8 nitrogen and oxygen atoms in total. The van der Waals surface area contributed by atoms with Gasteiger partial charge >= 0.3 is 0 Å². The standard InChI is InChI=1S/C27H33N3O5/c1-3-22(21-9-4-5-10-23(21)35-19-27(32)30-14-6-7-15-30)29-26(31)11-8-16-34-24-13-12-20(18-28)17-25(24)33-2/h4-5,9-10,12-13,17,22H,3,6-8,11,14-16,19H2,1-2H3,(H,29,31). The molecule has 2 aromatic rings. The Labute approximate surface area is 206 Å². The summed E-state index contributed by atoms with van der Waals surface area (Å²) in [5, 5.41) is 12.1. The van der Waals surface area contributed by atoms with Crippen molar-refractivity contribution in [2.45, 2.75) is 45.1 Å². The van der Waals surface area contributed by atoms with Crippen LogP contribution in [0.25, 0.3) is 0 Å². The molecule has 1 N–H and O–H groups in total. The van der Waals surface area contributed by atoms with Gasteiger partial charge in [0.1, 0.15) is 5.75 Å². The van der Waals surface area contributed by atoms with Gasteiger partial charge in [0.05, 0.1) is 31.4 Å². The largest absolute Gasteiger partial charge is 0.493 e. The lowest BCUT2D eigenvalue weighted by Crippen LogP contribution is -2.32. The fourth-order valence-electron chi connectivity index (χ4n) is 4.03. The van der Waals surface area contributed by atoms with Crippen molar-refractivity contribution in [3.63, 3.8) is 0 Å². The Hall–Kier alpha value is -3.73. The number of hydrogen-bond acceptors (Lipinski definition) is 6. The molecule has 0 spiro atoms. The summed E-state index contributed by atoms with van der Waals surface area (Å²) in [5.41, 5.74) is 1.35. The van der Waals surface area contributed by atoms with E-state index in [0.717, 1.165) is 31.5 Å². The van der Waals surface area contributed by atoms with E-state index in [1.165, 1.54) is 7.11 Å². The van der Waals surface area contributed by atoms with Crippen LogP contribution in [0.3, 0.4) is 0 Å². The van der Waals surface area contributed by atoms with Gasteiger partial charge in [-0.2, -0.15) is 5.26 Å². The number of methoxy groups -OCH3 is 1. The molecule has 35 heavy (non-hydrogen) atoms. The van der Waals surface area contributed by atoms with Crippen molar-refractivity contribution in [2.75, 3.05) is 33.4 Å². The summed E-state index contributed by atoms with van der Waals surface area (Å²) in [6.07, 6.45) is 3.58. The lowest BCUT2D eigenvalue weighted by Gasteiger charge is -2.22. The van der Waals surface area contributed by atoms with Crippen molar-refractivity contribution in [1.29, 1.82) is 5.26 Å². The molecule has 0 radical (unpaired) electrons. The molecule has 1 fully saturated rings. The Bertz CT molecular complexity index is 1040. The first kappa shape index (κ1) is 25.9. The molecule has 0 aromatic heterocycles. The molecule has 0 saturated carbocycles. The highest BCUT2D eigenvalue weighted by Gasteiger charge is 2.21. The topological polar surface area (TPSA) is 101 Å². The van der Waals surface area contributed by atoms with Crippen LogP contribution in [-0.4, -0.2) is 50.1 Å². The zero-order valence-electron chi connectivity index (χ0n) is 20.4. The molecule has 0 aliphatic carbocycles. The van der Waals surface area contributed by atoms with Crippen molar-refractivity contribution < 1.29 is 23.8 Å². The van der Waals surface area contributed by atoms with Crippen molar-refractivity contribution in [3.8, 4) is 23.3 Å². The second-order valence-electron chi connectivity index (χ2n) is 8.37. The van der Waals surface area contributed by atoms with Crippen LogP contribution < -0.4 is 19.5 Å². The maximum absolute atomic E-state index is 12.6. The summed E-state index contributed by atoms with van der Waals surface area (Å²) in [6.45, 7) is 3.91. The third kappa shape index (κ3) is 7.38. The predicted molar refractivity (Wildman–Crippen MR) is 131 cm³/mol. The van der Waals surface area contributed by atoms with Crippen LogP contribution in [-0.2, 0) is 9.59 Å². The summed E-state index contributed by atoms with van der Waals surface area (Å²) in [6, 6.07) is 14.3. The number of likely N-dealkylation sites (tertiary alicyclic amines) is 1. The molecule has 186 valence electrons.